The number of aromatic nitrogens is 3. The zero-order chi connectivity index (χ0) is 18.7. The smallest absolute Gasteiger partial charge is 0.324 e. The number of aryl methyl sites for hydroxylation is 1. The molecule has 1 aromatic carbocycles. The van der Waals surface area contributed by atoms with Gasteiger partial charge in [-0.25, -0.2) is 9.67 Å². The lowest BCUT2D eigenvalue weighted by molar-refractivity contribution is -0.137. The normalized spacial score (nSPS) is 11.5. The molecule has 0 aliphatic rings. The van der Waals surface area contributed by atoms with Crippen molar-refractivity contribution >= 4 is 22.9 Å². The largest absolute Gasteiger partial charge is 0.416 e. The molecule has 0 fully saturated rings. The zero-order valence-electron chi connectivity index (χ0n) is 13.7. The van der Waals surface area contributed by atoms with E-state index in [4.69, 9.17) is 0 Å². The molecule has 26 heavy (non-hydrogen) atoms. The molecular weight excluding hydrogens is 365 g/mol. The van der Waals surface area contributed by atoms with Crippen LogP contribution in [-0.2, 0) is 23.8 Å². The molecule has 3 aromatic rings. The molecular formula is C17H15F3N4OS. The predicted octanol–water partition coefficient (Wildman–Crippen LogP) is 4.09. The minimum atomic E-state index is -4.51. The first-order valence-corrected chi connectivity index (χ1v) is 8.69. The van der Waals surface area contributed by atoms with Gasteiger partial charge in [0.25, 0.3) is 0 Å². The molecule has 1 amide bonds. The van der Waals surface area contributed by atoms with Gasteiger partial charge in [-0.2, -0.15) is 18.3 Å². The van der Waals surface area contributed by atoms with Crippen LogP contribution in [0.5, 0.6) is 0 Å². The van der Waals surface area contributed by atoms with Gasteiger partial charge in [0.1, 0.15) is 0 Å². The second-order valence-corrected chi connectivity index (χ2v) is 6.43. The molecule has 0 atom stereocenters. The van der Waals surface area contributed by atoms with Gasteiger partial charge >= 0.3 is 6.18 Å². The summed E-state index contributed by atoms with van der Waals surface area (Å²) in [4.78, 5) is 16.6. The van der Waals surface area contributed by atoms with Gasteiger partial charge in [0.05, 0.1) is 34.1 Å². The second-order valence-electron chi connectivity index (χ2n) is 5.49. The SMILES string of the molecule is CCc1nc(CC(=O)Nc2cc(C(F)(F)F)ccc2-n2cccn2)cs1. The van der Waals surface area contributed by atoms with Crippen molar-refractivity contribution in [1.82, 2.24) is 14.8 Å². The third-order valence-electron chi connectivity index (χ3n) is 3.59. The lowest BCUT2D eigenvalue weighted by Crippen LogP contribution is -2.17. The van der Waals surface area contributed by atoms with E-state index in [1.165, 1.54) is 28.3 Å². The van der Waals surface area contributed by atoms with E-state index in [0.29, 0.717) is 11.4 Å². The fourth-order valence-corrected chi connectivity index (χ4v) is 3.12. The highest BCUT2D eigenvalue weighted by molar-refractivity contribution is 7.09. The maximum absolute atomic E-state index is 13.0. The van der Waals surface area contributed by atoms with E-state index in [1.807, 2.05) is 6.92 Å². The Morgan fingerprint density at radius 1 is 1.35 bits per heavy atom. The van der Waals surface area contributed by atoms with Crippen LogP contribution < -0.4 is 5.32 Å². The molecule has 0 saturated carbocycles. The van der Waals surface area contributed by atoms with Gasteiger partial charge in [-0.05, 0) is 30.7 Å². The highest BCUT2D eigenvalue weighted by atomic mass is 32.1. The highest BCUT2D eigenvalue weighted by Gasteiger charge is 2.31. The zero-order valence-corrected chi connectivity index (χ0v) is 14.6. The van der Waals surface area contributed by atoms with Crippen molar-refractivity contribution in [3.05, 3.63) is 58.3 Å². The Kier molecular flexibility index (Phi) is 5.08. The Balaban J connectivity index is 1.87. The first-order chi connectivity index (χ1) is 12.4. The topological polar surface area (TPSA) is 59.8 Å². The van der Waals surface area contributed by atoms with E-state index in [-0.39, 0.29) is 12.1 Å². The van der Waals surface area contributed by atoms with Crippen LogP contribution in [0.1, 0.15) is 23.2 Å². The van der Waals surface area contributed by atoms with Crippen LogP contribution >= 0.6 is 11.3 Å². The van der Waals surface area contributed by atoms with Gasteiger partial charge in [-0.15, -0.1) is 11.3 Å². The van der Waals surface area contributed by atoms with Crippen molar-refractivity contribution in [2.75, 3.05) is 5.32 Å². The molecule has 2 aromatic heterocycles. The van der Waals surface area contributed by atoms with Gasteiger partial charge in [-0.3, -0.25) is 4.79 Å². The standard InChI is InChI=1S/C17H15F3N4OS/c1-2-16-22-12(10-26-16)9-15(25)23-13-8-11(17(18,19)20)4-5-14(13)24-7-3-6-21-24/h3-8,10H,2,9H2,1H3,(H,23,25). The van der Waals surface area contributed by atoms with Crippen LogP contribution in [0.2, 0.25) is 0 Å². The van der Waals surface area contributed by atoms with Crippen molar-refractivity contribution in [3.8, 4) is 5.69 Å². The Bertz CT molecular complexity index is 903. The summed E-state index contributed by atoms with van der Waals surface area (Å²) < 4.78 is 40.5. The molecule has 3 rings (SSSR count). The number of rotatable bonds is 5. The second kappa shape index (κ2) is 7.28. The number of amides is 1. The molecule has 9 heteroatoms. The van der Waals surface area contributed by atoms with E-state index in [1.54, 1.807) is 17.6 Å². The van der Waals surface area contributed by atoms with Crippen LogP contribution in [0.15, 0.2) is 42.0 Å². The van der Waals surface area contributed by atoms with Crippen LogP contribution in [0, 0.1) is 0 Å². The summed E-state index contributed by atoms with van der Waals surface area (Å²) in [6.45, 7) is 1.96. The predicted molar refractivity (Wildman–Crippen MR) is 92.4 cm³/mol. The Labute approximate surface area is 151 Å². The number of hydrogen-bond donors (Lipinski definition) is 1. The summed E-state index contributed by atoms with van der Waals surface area (Å²) in [7, 11) is 0. The minimum Gasteiger partial charge on any atom is -0.324 e. The van der Waals surface area contributed by atoms with Crippen molar-refractivity contribution in [2.24, 2.45) is 0 Å². The monoisotopic (exact) mass is 380 g/mol. The van der Waals surface area contributed by atoms with E-state index in [9.17, 15) is 18.0 Å². The van der Waals surface area contributed by atoms with Crippen LogP contribution in [0.4, 0.5) is 18.9 Å². The molecule has 0 spiro atoms. The number of thiazole rings is 1. The molecule has 0 aliphatic heterocycles. The molecule has 2 heterocycles. The van der Waals surface area contributed by atoms with Gasteiger partial charge in [0, 0.05) is 17.8 Å². The van der Waals surface area contributed by atoms with Gasteiger partial charge < -0.3 is 5.32 Å². The number of halogens is 3. The van der Waals surface area contributed by atoms with Crippen molar-refractivity contribution in [2.45, 2.75) is 25.9 Å². The van der Waals surface area contributed by atoms with Crippen molar-refractivity contribution < 1.29 is 18.0 Å². The molecule has 0 radical (unpaired) electrons. The molecule has 0 unspecified atom stereocenters. The number of carbonyl (C=O) groups excluding carboxylic acids is 1. The summed E-state index contributed by atoms with van der Waals surface area (Å²) in [6, 6.07) is 4.79. The summed E-state index contributed by atoms with van der Waals surface area (Å²) in [6.07, 6.45) is -0.654. The molecule has 136 valence electrons. The third-order valence-corrected chi connectivity index (χ3v) is 4.63. The summed E-state index contributed by atoms with van der Waals surface area (Å²) in [5.74, 6) is -0.439. The summed E-state index contributed by atoms with van der Waals surface area (Å²) in [5.41, 5.74) is 0.144. The van der Waals surface area contributed by atoms with Gasteiger partial charge in [0.2, 0.25) is 5.91 Å². The number of alkyl halides is 3. The number of anilines is 1. The maximum Gasteiger partial charge on any atom is 0.416 e. The average molecular weight is 380 g/mol. The van der Waals surface area contributed by atoms with E-state index in [2.05, 4.69) is 15.4 Å². The van der Waals surface area contributed by atoms with Crippen molar-refractivity contribution in [3.63, 3.8) is 0 Å². The Morgan fingerprint density at radius 3 is 2.77 bits per heavy atom. The Morgan fingerprint density at radius 2 is 2.15 bits per heavy atom. The van der Waals surface area contributed by atoms with E-state index in [0.717, 1.165) is 23.6 Å². The highest BCUT2D eigenvalue weighted by Crippen LogP contribution is 2.33. The van der Waals surface area contributed by atoms with Crippen LogP contribution in [-0.4, -0.2) is 20.7 Å². The van der Waals surface area contributed by atoms with Crippen molar-refractivity contribution in [1.29, 1.82) is 0 Å². The number of carbonyl (C=O) groups is 1. The van der Waals surface area contributed by atoms with E-state index >= 15 is 0 Å². The maximum atomic E-state index is 13.0. The first-order valence-electron chi connectivity index (χ1n) is 7.81. The average Bonchev–Trinajstić information content (AvgIpc) is 3.25. The molecule has 1 N–H and O–H groups in total. The molecule has 5 nitrogen and oxygen atoms in total. The number of nitrogens with one attached hydrogen (secondary N) is 1. The number of hydrogen-bond acceptors (Lipinski definition) is 4. The van der Waals surface area contributed by atoms with E-state index < -0.39 is 17.6 Å². The minimum absolute atomic E-state index is 0.00864. The summed E-state index contributed by atoms with van der Waals surface area (Å²) in [5, 5.41) is 9.25. The Hall–Kier alpha value is -2.68. The first kappa shape index (κ1) is 18.1. The van der Waals surface area contributed by atoms with Crippen LogP contribution in [0.3, 0.4) is 0 Å². The lowest BCUT2D eigenvalue weighted by atomic mass is 10.1. The quantitative estimate of drug-likeness (QED) is 0.725. The molecule has 0 bridgehead atoms. The number of nitrogens with zero attached hydrogens (tertiary/aromatic N) is 3. The van der Waals surface area contributed by atoms with Crippen LogP contribution in [0.25, 0.3) is 5.69 Å². The fraction of sp³-hybridized carbons (Fsp3) is 0.235. The third kappa shape index (κ3) is 4.10. The lowest BCUT2D eigenvalue weighted by Gasteiger charge is -2.14. The fourth-order valence-electron chi connectivity index (χ4n) is 2.37. The van der Waals surface area contributed by atoms with Gasteiger partial charge in [0.15, 0.2) is 0 Å². The summed E-state index contributed by atoms with van der Waals surface area (Å²) >= 11 is 1.45. The van der Waals surface area contributed by atoms with Gasteiger partial charge in [-0.1, -0.05) is 6.92 Å². The molecule has 0 aliphatic carbocycles. The molecule has 0 saturated heterocycles. The number of benzene rings is 1.